The number of carbonyl (C=O) groups excluding carboxylic acids is 3. The molecular weight excluding hydrogens is 457 g/mol. The minimum absolute atomic E-state index is 0.0791. The maximum absolute atomic E-state index is 14.1. The highest BCUT2D eigenvalue weighted by Gasteiger charge is 2.27. The molecule has 1 fully saturated rings. The van der Waals surface area contributed by atoms with Crippen molar-refractivity contribution in [2.45, 2.75) is 6.92 Å². The second-order valence-corrected chi connectivity index (χ2v) is 8.49. The van der Waals surface area contributed by atoms with Crippen LogP contribution in [0.1, 0.15) is 36.6 Å². The highest BCUT2D eigenvalue weighted by Crippen LogP contribution is 2.21. The van der Waals surface area contributed by atoms with Gasteiger partial charge in [-0.15, -0.1) is 0 Å². The van der Waals surface area contributed by atoms with Crippen LogP contribution in [0.3, 0.4) is 0 Å². The molecule has 1 saturated heterocycles. The van der Waals surface area contributed by atoms with E-state index in [0.29, 0.717) is 29.9 Å². The van der Waals surface area contributed by atoms with Crippen molar-refractivity contribution in [2.75, 3.05) is 31.5 Å². The maximum Gasteiger partial charge on any atom is 0.257 e. The summed E-state index contributed by atoms with van der Waals surface area (Å²) in [6.07, 6.45) is 0. The number of nitrogens with zero attached hydrogens (tertiary/aromatic N) is 2. The molecule has 0 saturated carbocycles. The third kappa shape index (κ3) is 5.10. The van der Waals surface area contributed by atoms with Crippen molar-refractivity contribution in [1.82, 2.24) is 9.80 Å². The molecule has 4 rings (SSSR count). The summed E-state index contributed by atoms with van der Waals surface area (Å²) in [6.45, 7) is 3.03. The number of hydrogen-bond donors (Lipinski definition) is 1. The van der Waals surface area contributed by atoms with Crippen LogP contribution in [0.15, 0.2) is 66.7 Å². The molecule has 3 amide bonds. The molecule has 0 atom stereocenters. The number of rotatable bonds is 4. The van der Waals surface area contributed by atoms with Gasteiger partial charge in [-0.2, -0.15) is 0 Å². The lowest BCUT2D eigenvalue weighted by Crippen LogP contribution is -2.50. The van der Waals surface area contributed by atoms with E-state index in [1.807, 2.05) is 13.0 Å². The number of carbonyl (C=O) groups is 3. The molecule has 3 aromatic carbocycles. The predicted octanol–water partition coefficient (Wildman–Crippen LogP) is 4.64. The average Bonchev–Trinajstić information content (AvgIpc) is 2.86. The van der Waals surface area contributed by atoms with E-state index < -0.39 is 11.7 Å². The lowest BCUT2D eigenvalue weighted by Gasteiger charge is -2.35. The van der Waals surface area contributed by atoms with Crippen molar-refractivity contribution in [3.05, 3.63) is 99.8 Å². The van der Waals surface area contributed by atoms with Crippen molar-refractivity contribution < 1.29 is 18.8 Å². The van der Waals surface area contributed by atoms with E-state index in [1.54, 1.807) is 47.4 Å². The average molecular weight is 480 g/mol. The molecule has 0 spiro atoms. The third-order valence-corrected chi connectivity index (χ3v) is 6.02. The molecule has 0 aliphatic carbocycles. The number of halogens is 2. The minimum atomic E-state index is -0.627. The van der Waals surface area contributed by atoms with E-state index in [4.69, 9.17) is 11.6 Å². The summed E-state index contributed by atoms with van der Waals surface area (Å²) in [5.41, 5.74) is 2.28. The van der Waals surface area contributed by atoms with E-state index in [1.165, 1.54) is 23.1 Å². The van der Waals surface area contributed by atoms with Crippen molar-refractivity contribution in [1.29, 1.82) is 0 Å². The zero-order chi connectivity index (χ0) is 24.2. The van der Waals surface area contributed by atoms with Gasteiger partial charge in [-0.3, -0.25) is 14.4 Å². The normalized spacial score (nSPS) is 13.5. The summed E-state index contributed by atoms with van der Waals surface area (Å²) >= 11 is 5.91. The summed E-state index contributed by atoms with van der Waals surface area (Å²) in [5.74, 6) is -1.53. The molecule has 1 heterocycles. The molecule has 0 aromatic heterocycles. The lowest BCUT2D eigenvalue weighted by atomic mass is 10.1. The van der Waals surface area contributed by atoms with Crippen LogP contribution < -0.4 is 5.32 Å². The summed E-state index contributed by atoms with van der Waals surface area (Å²) in [7, 11) is 0. The van der Waals surface area contributed by atoms with Gasteiger partial charge in [0.05, 0.1) is 5.56 Å². The highest BCUT2D eigenvalue weighted by atomic mass is 35.5. The van der Waals surface area contributed by atoms with Crippen molar-refractivity contribution in [2.24, 2.45) is 0 Å². The second-order valence-electron chi connectivity index (χ2n) is 8.06. The summed E-state index contributed by atoms with van der Waals surface area (Å²) in [6, 6.07) is 17.9. The first kappa shape index (κ1) is 23.4. The SMILES string of the molecule is Cc1ccc(C(=O)N2CCN(C(=O)c3cc(Cl)ccc3F)CC2)cc1NC(=O)c1ccccc1. The number of nitrogens with one attached hydrogen (secondary N) is 1. The van der Waals surface area contributed by atoms with E-state index >= 15 is 0 Å². The Morgan fingerprint density at radius 1 is 0.824 bits per heavy atom. The van der Waals surface area contributed by atoms with Crippen LogP contribution in [-0.4, -0.2) is 53.7 Å². The Hall–Kier alpha value is -3.71. The van der Waals surface area contributed by atoms with Crippen LogP contribution in [-0.2, 0) is 0 Å². The fourth-order valence-corrected chi connectivity index (χ4v) is 3.97. The van der Waals surface area contributed by atoms with Gasteiger partial charge in [0.15, 0.2) is 0 Å². The molecule has 6 nitrogen and oxygen atoms in total. The van der Waals surface area contributed by atoms with Crippen molar-refractivity contribution in [3.63, 3.8) is 0 Å². The zero-order valence-electron chi connectivity index (χ0n) is 18.6. The second kappa shape index (κ2) is 10.1. The van der Waals surface area contributed by atoms with Crippen molar-refractivity contribution in [3.8, 4) is 0 Å². The fraction of sp³-hybridized carbons (Fsp3) is 0.192. The molecule has 1 aliphatic heterocycles. The minimum Gasteiger partial charge on any atom is -0.335 e. The van der Waals surface area contributed by atoms with E-state index in [-0.39, 0.29) is 35.5 Å². The van der Waals surface area contributed by atoms with Gasteiger partial charge in [-0.25, -0.2) is 4.39 Å². The molecule has 1 aliphatic rings. The monoisotopic (exact) mass is 479 g/mol. The molecule has 1 N–H and O–H groups in total. The van der Waals surface area contributed by atoms with Crippen LogP contribution in [0.25, 0.3) is 0 Å². The Labute approximate surface area is 201 Å². The fourth-order valence-electron chi connectivity index (χ4n) is 3.80. The van der Waals surface area contributed by atoms with E-state index in [2.05, 4.69) is 5.32 Å². The number of aryl methyl sites for hydroxylation is 1. The first-order chi connectivity index (χ1) is 16.3. The highest BCUT2D eigenvalue weighted by molar-refractivity contribution is 6.31. The van der Waals surface area contributed by atoms with Gasteiger partial charge in [0.2, 0.25) is 0 Å². The summed E-state index contributed by atoms with van der Waals surface area (Å²) in [5, 5.41) is 3.15. The molecule has 8 heteroatoms. The number of hydrogen-bond acceptors (Lipinski definition) is 3. The molecule has 0 bridgehead atoms. The number of piperazine rings is 1. The van der Waals surface area contributed by atoms with Gasteiger partial charge in [-0.05, 0) is 55.0 Å². The maximum atomic E-state index is 14.1. The van der Waals surface area contributed by atoms with Crippen LogP contribution in [0.4, 0.5) is 10.1 Å². The number of benzene rings is 3. The molecule has 34 heavy (non-hydrogen) atoms. The molecule has 0 radical (unpaired) electrons. The Balaban J connectivity index is 1.42. The Morgan fingerprint density at radius 3 is 2.15 bits per heavy atom. The molecule has 174 valence electrons. The zero-order valence-corrected chi connectivity index (χ0v) is 19.3. The molecule has 0 unspecified atom stereocenters. The first-order valence-corrected chi connectivity index (χ1v) is 11.2. The number of amides is 3. The summed E-state index contributed by atoms with van der Waals surface area (Å²) in [4.78, 5) is 41.5. The van der Waals surface area contributed by atoms with Gasteiger partial charge >= 0.3 is 0 Å². The first-order valence-electron chi connectivity index (χ1n) is 10.8. The largest absolute Gasteiger partial charge is 0.335 e. The standard InChI is InChI=1S/C26H23ClFN3O3/c1-17-7-8-19(15-23(17)29-24(32)18-5-3-2-4-6-18)25(33)30-11-13-31(14-12-30)26(34)21-16-20(27)9-10-22(21)28/h2-10,15-16H,11-14H2,1H3,(H,29,32). The molecular formula is C26H23ClFN3O3. The van der Waals surface area contributed by atoms with Crippen LogP contribution in [0.5, 0.6) is 0 Å². The predicted molar refractivity (Wildman–Crippen MR) is 129 cm³/mol. The van der Waals surface area contributed by atoms with Crippen LogP contribution >= 0.6 is 11.6 Å². The third-order valence-electron chi connectivity index (χ3n) is 5.78. The van der Waals surface area contributed by atoms with Gasteiger partial charge in [0.25, 0.3) is 17.7 Å². The smallest absolute Gasteiger partial charge is 0.257 e. The Morgan fingerprint density at radius 2 is 1.47 bits per heavy atom. The van der Waals surface area contributed by atoms with Gasteiger partial charge < -0.3 is 15.1 Å². The van der Waals surface area contributed by atoms with E-state index in [0.717, 1.165) is 5.56 Å². The number of anilines is 1. The van der Waals surface area contributed by atoms with Crippen LogP contribution in [0, 0.1) is 12.7 Å². The molecule has 3 aromatic rings. The topological polar surface area (TPSA) is 69.7 Å². The Kier molecular flexibility index (Phi) is 6.93. The van der Waals surface area contributed by atoms with Gasteiger partial charge in [0.1, 0.15) is 5.82 Å². The van der Waals surface area contributed by atoms with Crippen molar-refractivity contribution >= 4 is 35.0 Å². The van der Waals surface area contributed by atoms with E-state index in [9.17, 15) is 18.8 Å². The van der Waals surface area contributed by atoms with Gasteiger partial charge in [0, 0.05) is 48.0 Å². The lowest BCUT2D eigenvalue weighted by molar-refractivity contribution is 0.0533. The van der Waals surface area contributed by atoms with Crippen LogP contribution in [0.2, 0.25) is 5.02 Å². The Bertz CT molecular complexity index is 1240. The van der Waals surface area contributed by atoms with Gasteiger partial charge in [-0.1, -0.05) is 35.9 Å². The quantitative estimate of drug-likeness (QED) is 0.592. The summed E-state index contributed by atoms with van der Waals surface area (Å²) < 4.78 is 14.1.